The van der Waals surface area contributed by atoms with Crippen molar-refractivity contribution in [3.05, 3.63) is 48.0 Å². The molecule has 0 saturated carbocycles. The molecule has 2 aromatic rings. The number of benzene rings is 2. The maximum atomic E-state index is 13.0. The highest BCUT2D eigenvalue weighted by Gasteiger charge is 2.43. The van der Waals surface area contributed by atoms with Crippen molar-refractivity contribution < 1.29 is 28.0 Å². The van der Waals surface area contributed by atoms with E-state index >= 15 is 0 Å². The summed E-state index contributed by atoms with van der Waals surface area (Å²) >= 11 is 0. The summed E-state index contributed by atoms with van der Waals surface area (Å²) in [6.45, 7) is 4.70. The SMILES string of the molecule is C=Nc1cc(-c2ccc(OC)cc2)ccc1C(=O)N(C)CC[C@](C)(C(=O)NO)S(C)(=O)=O. The average molecular weight is 462 g/mol. The Kier molecular flexibility index (Phi) is 7.76. The Morgan fingerprint density at radius 2 is 1.78 bits per heavy atom. The van der Waals surface area contributed by atoms with E-state index in [1.54, 1.807) is 25.3 Å². The van der Waals surface area contributed by atoms with Gasteiger partial charge in [0, 0.05) is 19.8 Å². The third-order valence-corrected chi connectivity index (χ3v) is 7.52. The molecule has 9 nitrogen and oxygen atoms in total. The summed E-state index contributed by atoms with van der Waals surface area (Å²) in [5, 5.41) is 8.93. The highest BCUT2D eigenvalue weighted by atomic mass is 32.2. The minimum atomic E-state index is -3.86. The number of rotatable bonds is 9. The van der Waals surface area contributed by atoms with Gasteiger partial charge in [0.25, 0.3) is 11.8 Å². The Morgan fingerprint density at radius 3 is 2.28 bits per heavy atom. The first-order chi connectivity index (χ1) is 15.0. The zero-order chi connectivity index (χ0) is 24.1. The number of nitrogens with one attached hydrogen (secondary N) is 1. The fraction of sp³-hybridized carbons (Fsp3) is 0.318. The zero-order valence-electron chi connectivity index (χ0n) is 18.5. The van der Waals surface area contributed by atoms with Crippen molar-refractivity contribution >= 4 is 34.1 Å². The molecule has 10 heteroatoms. The van der Waals surface area contributed by atoms with E-state index in [0.29, 0.717) is 5.69 Å². The number of carbonyl (C=O) groups excluding carboxylic acids is 2. The van der Waals surface area contributed by atoms with E-state index in [0.717, 1.165) is 23.1 Å². The van der Waals surface area contributed by atoms with Crippen molar-refractivity contribution in [3.63, 3.8) is 0 Å². The monoisotopic (exact) mass is 461 g/mol. The van der Waals surface area contributed by atoms with Crippen molar-refractivity contribution in [3.8, 4) is 16.9 Å². The fourth-order valence-electron chi connectivity index (χ4n) is 3.08. The lowest BCUT2D eigenvalue weighted by molar-refractivity contribution is -0.131. The van der Waals surface area contributed by atoms with Crippen LogP contribution in [0.5, 0.6) is 5.75 Å². The number of carbonyl (C=O) groups is 2. The van der Waals surface area contributed by atoms with E-state index in [9.17, 15) is 18.0 Å². The number of methoxy groups -OCH3 is 1. The maximum absolute atomic E-state index is 13.0. The van der Waals surface area contributed by atoms with Gasteiger partial charge in [0.05, 0.1) is 18.4 Å². The Hall–Kier alpha value is -3.24. The molecule has 32 heavy (non-hydrogen) atoms. The standard InChI is InChI=1S/C22H27N3O6S/c1-22(21(27)24-28,32(5,29)30)12-13-25(3)20(26)18-11-8-16(14-19(18)23-2)15-6-9-17(31-4)10-7-15/h6-11,14,28H,2,12-13H2,1,3-5H3,(H,24,27)/t22-/m1/s1. The van der Waals surface area contributed by atoms with Gasteiger partial charge in [0.1, 0.15) is 5.75 Å². The number of hydrogen-bond acceptors (Lipinski definition) is 7. The summed E-state index contributed by atoms with van der Waals surface area (Å²) in [5.41, 5.74) is 3.78. The maximum Gasteiger partial charge on any atom is 0.264 e. The Bertz CT molecular complexity index is 1110. The molecule has 0 aliphatic heterocycles. The van der Waals surface area contributed by atoms with E-state index in [-0.39, 0.29) is 18.5 Å². The average Bonchev–Trinajstić information content (AvgIpc) is 2.80. The van der Waals surface area contributed by atoms with Crippen molar-refractivity contribution in [2.75, 3.05) is 27.0 Å². The lowest BCUT2D eigenvalue weighted by Gasteiger charge is -2.28. The first-order valence-electron chi connectivity index (χ1n) is 9.63. The molecule has 0 saturated heterocycles. The van der Waals surface area contributed by atoms with Crippen LogP contribution in [0, 0.1) is 0 Å². The largest absolute Gasteiger partial charge is 0.497 e. The van der Waals surface area contributed by atoms with E-state index in [2.05, 4.69) is 11.7 Å². The van der Waals surface area contributed by atoms with Crippen LogP contribution in [0.4, 0.5) is 5.69 Å². The number of amides is 2. The molecule has 0 bridgehead atoms. The van der Waals surface area contributed by atoms with Crippen molar-refractivity contribution in [2.45, 2.75) is 18.1 Å². The van der Waals surface area contributed by atoms with E-state index in [4.69, 9.17) is 9.94 Å². The van der Waals surface area contributed by atoms with Gasteiger partial charge in [-0.1, -0.05) is 18.2 Å². The number of sulfone groups is 1. The molecule has 1 atom stereocenters. The fourth-order valence-corrected chi connectivity index (χ4v) is 3.92. The Balaban J connectivity index is 2.26. The Labute approximate surface area is 187 Å². The first kappa shape index (κ1) is 25.0. The number of nitrogens with zero attached hydrogens (tertiary/aromatic N) is 2. The predicted octanol–water partition coefficient (Wildman–Crippen LogP) is 2.47. The lowest BCUT2D eigenvalue weighted by Crippen LogP contribution is -2.50. The minimum Gasteiger partial charge on any atom is -0.497 e. The number of ether oxygens (including phenoxy) is 1. The van der Waals surface area contributed by atoms with Gasteiger partial charge in [0.2, 0.25) is 0 Å². The molecule has 0 unspecified atom stereocenters. The van der Waals surface area contributed by atoms with Crippen molar-refractivity contribution in [1.29, 1.82) is 0 Å². The number of hydroxylamine groups is 1. The van der Waals surface area contributed by atoms with Gasteiger partial charge in [-0.3, -0.25) is 19.8 Å². The molecule has 2 N–H and O–H groups in total. The van der Waals surface area contributed by atoms with Crippen LogP contribution in [0.15, 0.2) is 47.5 Å². The van der Waals surface area contributed by atoms with Gasteiger partial charge in [-0.15, -0.1) is 0 Å². The molecule has 0 fully saturated rings. The molecular formula is C22H27N3O6S. The summed E-state index contributed by atoms with van der Waals surface area (Å²) in [6, 6.07) is 12.5. The van der Waals surface area contributed by atoms with Crippen LogP contribution in [-0.4, -0.2) is 68.8 Å². The van der Waals surface area contributed by atoms with Crippen LogP contribution in [0.2, 0.25) is 0 Å². The molecule has 0 aromatic heterocycles. The summed E-state index contributed by atoms with van der Waals surface area (Å²) in [7, 11) is -0.788. The molecule has 0 radical (unpaired) electrons. The predicted molar refractivity (Wildman–Crippen MR) is 122 cm³/mol. The van der Waals surface area contributed by atoms with Crippen LogP contribution in [0.25, 0.3) is 11.1 Å². The minimum absolute atomic E-state index is 0.0490. The van der Waals surface area contributed by atoms with Gasteiger partial charge in [-0.2, -0.15) is 0 Å². The molecule has 2 rings (SSSR count). The third kappa shape index (κ3) is 5.14. The van der Waals surface area contributed by atoms with Crippen LogP contribution in [0.1, 0.15) is 23.7 Å². The molecule has 0 heterocycles. The number of hydrogen-bond donors (Lipinski definition) is 2. The van der Waals surface area contributed by atoms with E-state index in [1.165, 1.54) is 24.4 Å². The summed E-state index contributed by atoms with van der Waals surface area (Å²) < 4.78 is 27.5. The quantitative estimate of drug-likeness (QED) is 0.336. The van der Waals surface area contributed by atoms with Gasteiger partial charge in [0.15, 0.2) is 14.6 Å². The highest BCUT2D eigenvalue weighted by molar-refractivity contribution is 7.92. The molecule has 0 aliphatic rings. The van der Waals surface area contributed by atoms with Gasteiger partial charge in [-0.05, 0) is 55.5 Å². The van der Waals surface area contributed by atoms with Crippen LogP contribution < -0.4 is 10.2 Å². The second kappa shape index (κ2) is 9.92. The third-order valence-electron chi connectivity index (χ3n) is 5.49. The summed E-state index contributed by atoms with van der Waals surface area (Å²) in [6.07, 6.45) is 0.697. The van der Waals surface area contributed by atoms with E-state index < -0.39 is 26.4 Å². The second-order valence-electron chi connectivity index (χ2n) is 7.54. The topological polar surface area (TPSA) is 125 Å². The normalized spacial score (nSPS) is 13.0. The summed E-state index contributed by atoms with van der Waals surface area (Å²) in [5.74, 6) is -0.743. The van der Waals surface area contributed by atoms with Gasteiger partial charge in [-0.25, -0.2) is 13.9 Å². The first-order valence-corrected chi connectivity index (χ1v) is 11.5. The lowest BCUT2D eigenvalue weighted by atomic mass is 10.0. The summed E-state index contributed by atoms with van der Waals surface area (Å²) in [4.78, 5) is 30.2. The Morgan fingerprint density at radius 1 is 1.19 bits per heavy atom. The number of aliphatic imine (C=N–C) groups is 1. The van der Waals surface area contributed by atoms with E-state index in [1.807, 2.05) is 24.3 Å². The molecule has 172 valence electrons. The highest BCUT2D eigenvalue weighted by Crippen LogP contribution is 2.30. The van der Waals surface area contributed by atoms with Crippen LogP contribution in [-0.2, 0) is 14.6 Å². The smallest absolute Gasteiger partial charge is 0.264 e. The molecule has 2 aromatic carbocycles. The molecular weight excluding hydrogens is 434 g/mol. The second-order valence-corrected chi connectivity index (χ2v) is 9.98. The van der Waals surface area contributed by atoms with Crippen LogP contribution >= 0.6 is 0 Å². The molecule has 0 aliphatic carbocycles. The van der Waals surface area contributed by atoms with Gasteiger partial charge >= 0.3 is 0 Å². The van der Waals surface area contributed by atoms with Gasteiger partial charge < -0.3 is 9.64 Å². The molecule has 2 amide bonds. The van der Waals surface area contributed by atoms with Crippen LogP contribution in [0.3, 0.4) is 0 Å². The zero-order valence-corrected chi connectivity index (χ0v) is 19.3. The van der Waals surface area contributed by atoms with Crippen molar-refractivity contribution in [1.82, 2.24) is 10.4 Å². The molecule has 0 spiro atoms. The van der Waals surface area contributed by atoms with Crippen molar-refractivity contribution in [2.24, 2.45) is 4.99 Å².